The van der Waals surface area contributed by atoms with E-state index in [9.17, 15) is 4.79 Å². The predicted molar refractivity (Wildman–Crippen MR) is 81.8 cm³/mol. The molecular weight excluding hydrogens is 274 g/mol. The van der Waals surface area contributed by atoms with Crippen LogP contribution in [0.2, 0.25) is 0 Å². The van der Waals surface area contributed by atoms with Crippen molar-refractivity contribution in [3.63, 3.8) is 0 Å². The lowest BCUT2D eigenvalue weighted by Crippen LogP contribution is -2.54. The molecule has 2 rings (SSSR count). The van der Waals surface area contributed by atoms with Gasteiger partial charge in [-0.2, -0.15) is 0 Å². The average molecular weight is 295 g/mol. The molecule has 1 aromatic rings. The zero-order valence-electron chi connectivity index (χ0n) is 12.0. The average Bonchev–Trinajstić information content (AvgIpc) is 2.86. The van der Waals surface area contributed by atoms with Crippen molar-refractivity contribution in [2.75, 3.05) is 26.2 Å². The van der Waals surface area contributed by atoms with Crippen LogP contribution in [-0.4, -0.2) is 52.9 Å². The molecule has 1 amide bonds. The minimum absolute atomic E-state index is 0.0406. The Morgan fingerprint density at radius 3 is 2.50 bits per heavy atom. The summed E-state index contributed by atoms with van der Waals surface area (Å²) in [6, 6.07) is 3.67. The highest BCUT2D eigenvalue weighted by atomic mass is 32.1. The summed E-state index contributed by atoms with van der Waals surface area (Å²) in [7, 11) is 0. The molecule has 0 radical (unpaired) electrons. The monoisotopic (exact) mass is 295 g/mol. The van der Waals surface area contributed by atoms with Crippen molar-refractivity contribution in [2.24, 2.45) is 5.73 Å². The number of nitrogens with zero attached hydrogens (tertiary/aromatic N) is 2. The molecule has 0 spiro atoms. The first kappa shape index (κ1) is 15.0. The number of carbonyl (C=O) groups excluding carboxylic acids is 1. The fraction of sp³-hybridized carbons (Fsp3) is 0.571. The first-order chi connectivity index (χ1) is 9.52. The quantitative estimate of drug-likeness (QED) is 0.851. The number of hydrogen-bond acceptors (Lipinski definition) is 4. The lowest BCUT2D eigenvalue weighted by molar-refractivity contribution is 0.0580. The van der Waals surface area contributed by atoms with Gasteiger partial charge in [0.15, 0.2) is 5.76 Å². The molecule has 1 fully saturated rings. The van der Waals surface area contributed by atoms with Crippen LogP contribution < -0.4 is 5.73 Å². The molecule has 1 aliphatic heterocycles. The van der Waals surface area contributed by atoms with Crippen molar-refractivity contribution in [1.29, 1.82) is 0 Å². The van der Waals surface area contributed by atoms with Gasteiger partial charge < -0.3 is 15.1 Å². The van der Waals surface area contributed by atoms with E-state index in [0.29, 0.717) is 23.8 Å². The van der Waals surface area contributed by atoms with Crippen LogP contribution in [0.3, 0.4) is 0 Å². The van der Waals surface area contributed by atoms with Gasteiger partial charge in [0.2, 0.25) is 0 Å². The molecule has 110 valence electrons. The SMILES string of the molecule is CCC(C(N)=S)N1CCN(C(=O)c2ccc(C)o2)CC1. The van der Waals surface area contributed by atoms with Gasteiger partial charge in [-0.15, -0.1) is 0 Å². The van der Waals surface area contributed by atoms with Crippen LogP contribution in [0.15, 0.2) is 16.5 Å². The minimum Gasteiger partial charge on any atom is -0.456 e. The van der Waals surface area contributed by atoms with Gasteiger partial charge in [0, 0.05) is 26.2 Å². The summed E-state index contributed by atoms with van der Waals surface area (Å²) < 4.78 is 5.39. The van der Waals surface area contributed by atoms with Gasteiger partial charge in [-0.05, 0) is 25.5 Å². The van der Waals surface area contributed by atoms with Crippen LogP contribution in [-0.2, 0) is 0 Å². The molecule has 20 heavy (non-hydrogen) atoms. The Hall–Kier alpha value is -1.40. The highest BCUT2D eigenvalue weighted by Crippen LogP contribution is 2.14. The van der Waals surface area contributed by atoms with E-state index in [-0.39, 0.29) is 11.9 Å². The third kappa shape index (κ3) is 3.19. The van der Waals surface area contributed by atoms with Crippen molar-refractivity contribution in [3.8, 4) is 0 Å². The maximum absolute atomic E-state index is 12.3. The molecular formula is C14H21N3O2S. The second-order valence-electron chi connectivity index (χ2n) is 5.06. The number of thiocarbonyl (C=S) groups is 1. The van der Waals surface area contributed by atoms with Crippen LogP contribution in [0.1, 0.15) is 29.7 Å². The van der Waals surface area contributed by atoms with Crippen LogP contribution in [0, 0.1) is 6.92 Å². The summed E-state index contributed by atoms with van der Waals surface area (Å²) in [5.74, 6) is 1.13. The van der Waals surface area contributed by atoms with E-state index in [1.54, 1.807) is 6.07 Å². The molecule has 2 heterocycles. The van der Waals surface area contributed by atoms with E-state index in [0.717, 1.165) is 25.3 Å². The second-order valence-corrected chi connectivity index (χ2v) is 5.54. The summed E-state index contributed by atoms with van der Waals surface area (Å²) in [6.07, 6.45) is 0.903. The number of hydrogen-bond donors (Lipinski definition) is 1. The van der Waals surface area contributed by atoms with E-state index in [2.05, 4.69) is 11.8 Å². The Morgan fingerprint density at radius 1 is 1.40 bits per heavy atom. The highest BCUT2D eigenvalue weighted by molar-refractivity contribution is 7.80. The lowest BCUT2D eigenvalue weighted by Gasteiger charge is -2.38. The standard InChI is InChI=1S/C14H21N3O2S/c1-3-11(13(15)20)16-6-8-17(9-7-16)14(18)12-5-4-10(2)19-12/h4-5,11H,3,6-9H2,1-2H3,(H2,15,20). The topological polar surface area (TPSA) is 62.7 Å². The number of rotatable bonds is 4. The van der Waals surface area contributed by atoms with Crippen molar-refractivity contribution >= 4 is 23.1 Å². The molecule has 6 heteroatoms. The van der Waals surface area contributed by atoms with Gasteiger partial charge >= 0.3 is 0 Å². The smallest absolute Gasteiger partial charge is 0.289 e. The molecule has 1 aromatic heterocycles. The highest BCUT2D eigenvalue weighted by Gasteiger charge is 2.28. The Labute approximate surface area is 124 Å². The lowest BCUT2D eigenvalue weighted by atomic mass is 10.1. The van der Waals surface area contributed by atoms with Gasteiger partial charge in [-0.3, -0.25) is 9.69 Å². The summed E-state index contributed by atoms with van der Waals surface area (Å²) in [5, 5.41) is 0. The van der Waals surface area contributed by atoms with Crippen molar-refractivity contribution < 1.29 is 9.21 Å². The summed E-state index contributed by atoms with van der Waals surface area (Å²) in [5.41, 5.74) is 5.76. The van der Waals surface area contributed by atoms with Crippen LogP contribution in [0.4, 0.5) is 0 Å². The number of amides is 1. The summed E-state index contributed by atoms with van der Waals surface area (Å²) in [4.78, 5) is 16.9. The van der Waals surface area contributed by atoms with E-state index in [1.165, 1.54) is 0 Å². The van der Waals surface area contributed by atoms with Crippen molar-refractivity contribution in [2.45, 2.75) is 26.3 Å². The molecule has 1 saturated heterocycles. The number of nitrogens with two attached hydrogens (primary N) is 1. The molecule has 0 bridgehead atoms. The normalized spacial score (nSPS) is 18.0. The molecule has 1 unspecified atom stereocenters. The van der Waals surface area contributed by atoms with Crippen molar-refractivity contribution in [3.05, 3.63) is 23.7 Å². The fourth-order valence-electron chi connectivity index (χ4n) is 2.58. The first-order valence-electron chi connectivity index (χ1n) is 6.92. The van der Waals surface area contributed by atoms with Gasteiger partial charge in [-0.1, -0.05) is 19.1 Å². The third-order valence-corrected chi connectivity index (χ3v) is 3.98. The Morgan fingerprint density at radius 2 is 2.05 bits per heavy atom. The molecule has 2 N–H and O–H groups in total. The molecule has 0 saturated carbocycles. The predicted octanol–water partition coefficient (Wildman–Crippen LogP) is 1.41. The maximum atomic E-state index is 12.3. The zero-order chi connectivity index (χ0) is 14.7. The molecule has 0 aromatic carbocycles. The number of carbonyl (C=O) groups is 1. The Kier molecular flexibility index (Phi) is 4.77. The van der Waals surface area contributed by atoms with Gasteiger partial charge in [0.1, 0.15) is 5.76 Å². The van der Waals surface area contributed by atoms with Crippen LogP contribution >= 0.6 is 12.2 Å². The van der Waals surface area contributed by atoms with E-state index >= 15 is 0 Å². The third-order valence-electron chi connectivity index (χ3n) is 3.71. The molecule has 0 aliphatic carbocycles. The maximum Gasteiger partial charge on any atom is 0.289 e. The molecule has 1 atom stereocenters. The van der Waals surface area contributed by atoms with Crippen LogP contribution in [0.25, 0.3) is 0 Å². The largest absolute Gasteiger partial charge is 0.456 e. The summed E-state index contributed by atoms with van der Waals surface area (Å²) in [6.45, 7) is 6.85. The minimum atomic E-state index is -0.0406. The fourth-order valence-corrected chi connectivity index (χ4v) is 2.90. The van der Waals surface area contributed by atoms with Crippen LogP contribution in [0.5, 0.6) is 0 Å². The van der Waals surface area contributed by atoms with E-state index in [4.69, 9.17) is 22.4 Å². The molecule has 5 nitrogen and oxygen atoms in total. The molecule has 1 aliphatic rings. The summed E-state index contributed by atoms with van der Waals surface area (Å²) >= 11 is 5.10. The zero-order valence-corrected chi connectivity index (χ0v) is 12.8. The van der Waals surface area contributed by atoms with Gasteiger partial charge in [0.25, 0.3) is 5.91 Å². The number of aryl methyl sites for hydroxylation is 1. The van der Waals surface area contributed by atoms with Gasteiger partial charge in [-0.25, -0.2) is 0 Å². The van der Waals surface area contributed by atoms with Crippen molar-refractivity contribution in [1.82, 2.24) is 9.80 Å². The van der Waals surface area contributed by atoms with E-state index in [1.807, 2.05) is 17.9 Å². The Bertz CT molecular complexity index is 492. The number of piperazine rings is 1. The first-order valence-corrected chi connectivity index (χ1v) is 7.32. The van der Waals surface area contributed by atoms with E-state index < -0.39 is 0 Å². The van der Waals surface area contributed by atoms with Gasteiger partial charge in [0.05, 0.1) is 11.0 Å². The Balaban J connectivity index is 1.94. The number of furan rings is 1. The second kappa shape index (κ2) is 6.37.